The molecule has 0 aromatic heterocycles. The highest BCUT2D eigenvalue weighted by molar-refractivity contribution is 14.0. The molecule has 1 atom stereocenters. The first-order chi connectivity index (χ1) is 11.8. The van der Waals surface area contributed by atoms with Gasteiger partial charge in [0, 0.05) is 44.0 Å². The first kappa shape index (κ1) is 20.4. The van der Waals surface area contributed by atoms with E-state index in [2.05, 4.69) is 27.8 Å². The number of thioether (sulfide) groups is 1. The second-order valence-corrected chi connectivity index (χ2v) is 7.67. The van der Waals surface area contributed by atoms with Crippen LogP contribution in [0.1, 0.15) is 31.2 Å². The van der Waals surface area contributed by atoms with Crippen LogP contribution in [-0.4, -0.2) is 43.0 Å². The van der Waals surface area contributed by atoms with Crippen LogP contribution in [0.2, 0.25) is 0 Å². The number of nitrogens with one attached hydrogen (secondary N) is 2. The van der Waals surface area contributed by atoms with Crippen LogP contribution in [0.25, 0.3) is 0 Å². The van der Waals surface area contributed by atoms with Crippen molar-refractivity contribution >= 4 is 53.3 Å². The van der Waals surface area contributed by atoms with Crippen molar-refractivity contribution in [3.63, 3.8) is 0 Å². The first-order valence-electron chi connectivity index (χ1n) is 8.71. The lowest BCUT2D eigenvalue weighted by Gasteiger charge is -2.18. The number of amides is 1. The Kier molecular flexibility index (Phi) is 8.35. The van der Waals surface area contributed by atoms with E-state index in [0.29, 0.717) is 18.2 Å². The van der Waals surface area contributed by atoms with Crippen LogP contribution >= 0.6 is 35.7 Å². The number of hydrogen-bond acceptors (Lipinski definition) is 3. The van der Waals surface area contributed by atoms with Gasteiger partial charge in [0.05, 0.1) is 0 Å². The van der Waals surface area contributed by atoms with E-state index < -0.39 is 0 Å². The van der Waals surface area contributed by atoms with Gasteiger partial charge < -0.3 is 15.5 Å². The molecule has 25 heavy (non-hydrogen) atoms. The topological polar surface area (TPSA) is 56.7 Å². The SMILES string of the molecule is CN=C(NCc1cccc(N2CCCC2=O)c1)NCC1CCCS1.I. The Morgan fingerprint density at radius 3 is 2.92 bits per heavy atom. The van der Waals surface area contributed by atoms with Crippen molar-refractivity contribution in [2.45, 2.75) is 37.5 Å². The summed E-state index contributed by atoms with van der Waals surface area (Å²) in [5.41, 5.74) is 2.16. The highest BCUT2D eigenvalue weighted by Gasteiger charge is 2.21. The van der Waals surface area contributed by atoms with Crippen molar-refractivity contribution in [1.29, 1.82) is 0 Å². The van der Waals surface area contributed by atoms with Gasteiger partial charge in [0.25, 0.3) is 0 Å². The molecule has 5 nitrogen and oxygen atoms in total. The van der Waals surface area contributed by atoms with Gasteiger partial charge in [-0.1, -0.05) is 12.1 Å². The average Bonchev–Trinajstić information content (AvgIpc) is 3.27. The molecule has 2 aliphatic rings. The molecule has 0 saturated carbocycles. The molecule has 1 unspecified atom stereocenters. The zero-order valence-corrected chi connectivity index (χ0v) is 17.8. The summed E-state index contributed by atoms with van der Waals surface area (Å²) >= 11 is 2.04. The number of rotatable bonds is 5. The Bertz CT molecular complexity index is 604. The molecule has 2 saturated heterocycles. The van der Waals surface area contributed by atoms with Gasteiger partial charge in [-0.15, -0.1) is 24.0 Å². The number of hydrogen-bond donors (Lipinski definition) is 2. The summed E-state index contributed by atoms with van der Waals surface area (Å²) < 4.78 is 0. The van der Waals surface area contributed by atoms with Crippen LogP contribution in [0.4, 0.5) is 5.69 Å². The molecule has 3 rings (SSSR count). The van der Waals surface area contributed by atoms with Gasteiger partial charge in [-0.05, 0) is 42.7 Å². The number of aliphatic imine (C=N–C) groups is 1. The number of halogens is 1. The lowest BCUT2D eigenvalue weighted by molar-refractivity contribution is -0.117. The van der Waals surface area contributed by atoms with Crippen molar-refractivity contribution in [3.05, 3.63) is 29.8 Å². The normalized spacial score (nSPS) is 20.5. The zero-order chi connectivity index (χ0) is 16.8. The third-order valence-corrected chi connectivity index (χ3v) is 5.90. The summed E-state index contributed by atoms with van der Waals surface area (Å²) in [7, 11) is 1.80. The predicted molar refractivity (Wildman–Crippen MR) is 117 cm³/mol. The standard InChI is InChI=1S/C18H26N4OS.HI/c1-19-18(21-13-16-7-4-10-24-16)20-12-14-5-2-6-15(11-14)22-9-3-8-17(22)23;/h2,5-6,11,16H,3-4,7-10,12-13H2,1H3,(H2,19,20,21);1H. The maximum Gasteiger partial charge on any atom is 0.227 e. The van der Waals surface area contributed by atoms with E-state index in [1.807, 2.05) is 28.8 Å². The van der Waals surface area contributed by atoms with Gasteiger partial charge in [-0.25, -0.2) is 0 Å². The van der Waals surface area contributed by atoms with Crippen LogP contribution in [0, 0.1) is 0 Å². The molecule has 1 aromatic rings. The molecule has 0 radical (unpaired) electrons. The molecule has 138 valence electrons. The molecule has 2 heterocycles. The molecular weight excluding hydrogens is 447 g/mol. The summed E-state index contributed by atoms with van der Waals surface area (Å²) in [6, 6.07) is 8.20. The zero-order valence-electron chi connectivity index (χ0n) is 14.7. The number of anilines is 1. The molecule has 0 bridgehead atoms. The van der Waals surface area contributed by atoms with Gasteiger partial charge in [0.2, 0.25) is 5.91 Å². The molecule has 1 aromatic carbocycles. The van der Waals surface area contributed by atoms with E-state index in [0.717, 1.165) is 36.7 Å². The van der Waals surface area contributed by atoms with Gasteiger partial charge in [-0.2, -0.15) is 11.8 Å². The van der Waals surface area contributed by atoms with Gasteiger partial charge in [0.15, 0.2) is 5.96 Å². The highest BCUT2D eigenvalue weighted by Crippen LogP contribution is 2.25. The fourth-order valence-corrected chi connectivity index (χ4v) is 4.38. The lowest BCUT2D eigenvalue weighted by atomic mass is 10.2. The Morgan fingerprint density at radius 1 is 1.36 bits per heavy atom. The first-order valence-corrected chi connectivity index (χ1v) is 9.76. The van der Waals surface area contributed by atoms with Crippen LogP contribution in [0.5, 0.6) is 0 Å². The van der Waals surface area contributed by atoms with Crippen molar-refractivity contribution in [2.75, 3.05) is 30.8 Å². The molecule has 1 amide bonds. The van der Waals surface area contributed by atoms with Crippen LogP contribution in [-0.2, 0) is 11.3 Å². The summed E-state index contributed by atoms with van der Waals surface area (Å²) in [5, 5.41) is 7.48. The smallest absolute Gasteiger partial charge is 0.227 e. The molecular formula is C18H27IN4OS. The minimum atomic E-state index is 0. The van der Waals surface area contributed by atoms with Gasteiger partial charge in [0.1, 0.15) is 0 Å². The predicted octanol–water partition coefficient (Wildman–Crippen LogP) is 2.99. The van der Waals surface area contributed by atoms with Crippen molar-refractivity contribution in [2.24, 2.45) is 4.99 Å². The summed E-state index contributed by atoms with van der Waals surface area (Å²) in [5.74, 6) is 2.34. The van der Waals surface area contributed by atoms with E-state index in [9.17, 15) is 4.79 Å². The number of carbonyl (C=O) groups excluding carboxylic acids is 1. The third-order valence-electron chi connectivity index (χ3n) is 4.50. The van der Waals surface area contributed by atoms with Crippen molar-refractivity contribution in [1.82, 2.24) is 10.6 Å². The van der Waals surface area contributed by atoms with E-state index in [1.165, 1.54) is 18.6 Å². The second kappa shape index (κ2) is 10.3. The molecule has 2 aliphatic heterocycles. The second-order valence-electron chi connectivity index (χ2n) is 6.26. The molecule has 0 spiro atoms. The Balaban J connectivity index is 0.00000225. The summed E-state index contributed by atoms with van der Waals surface area (Å²) in [6.07, 6.45) is 4.24. The van der Waals surface area contributed by atoms with Gasteiger partial charge >= 0.3 is 0 Å². The van der Waals surface area contributed by atoms with E-state index in [4.69, 9.17) is 0 Å². The molecule has 2 N–H and O–H groups in total. The molecule has 2 fully saturated rings. The minimum absolute atomic E-state index is 0. The van der Waals surface area contributed by atoms with E-state index in [1.54, 1.807) is 7.05 Å². The highest BCUT2D eigenvalue weighted by atomic mass is 127. The van der Waals surface area contributed by atoms with Crippen LogP contribution < -0.4 is 15.5 Å². The van der Waals surface area contributed by atoms with Gasteiger partial charge in [-0.3, -0.25) is 9.79 Å². The number of carbonyl (C=O) groups is 1. The maximum atomic E-state index is 11.9. The van der Waals surface area contributed by atoms with Crippen LogP contribution in [0.15, 0.2) is 29.3 Å². The molecule has 7 heteroatoms. The Morgan fingerprint density at radius 2 is 2.24 bits per heavy atom. The average molecular weight is 474 g/mol. The largest absolute Gasteiger partial charge is 0.355 e. The number of benzene rings is 1. The van der Waals surface area contributed by atoms with Crippen molar-refractivity contribution < 1.29 is 4.79 Å². The minimum Gasteiger partial charge on any atom is -0.355 e. The van der Waals surface area contributed by atoms with Crippen LogP contribution in [0.3, 0.4) is 0 Å². The van der Waals surface area contributed by atoms with E-state index >= 15 is 0 Å². The quantitative estimate of drug-likeness (QED) is 0.392. The maximum absolute atomic E-state index is 11.9. The fourth-order valence-electron chi connectivity index (χ4n) is 3.18. The fraction of sp³-hybridized carbons (Fsp3) is 0.556. The monoisotopic (exact) mass is 474 g/mol. The lowest BCUT2D eigenvalue weighted by Crippen LogP contribution is -2.39. The Hall–Kier alpha value is -0.960. The van der Waals surface area contributed by atoms with Crippen molar-refractivity contribution in [3.8, 4) is 0 Å². The summed E-state index contributed by atoms with van der Waals surface area (Å²) in [6.45, 7) is 2.50. The van der Waals surface area contributed by atoms with E-state index in [-0.39, 0.29) is 29.9 Å². The third kappa shape index (κ3) is 5.77. The molecule has 0 aliphatic carbocycles. The number of guanidine groups is 1. The number of nitrogens with zero attached hydrogens (tertiary/aromatic N) is 2. The summed E-state index contributed by atoms with van der Waals surface area (Å²) in [4.78, 5) is 18.1. The Labute approximate surface area is 171 Å².